The van der Waals surface area contributed by atoms with Crippen LogP contribution in [0.1, 0.15) is 48.9 Å². The molecule has 4 fully saturated rings. The highest BCUT2D eigenvalue weighted by Gasteiger charge is 2.51. The zero-order valence-electron chi connectivity index (χ0n) is 11.5. The van der Waals surface area contributed by atoms with Gasteiger partial charge >= 0.3 is 0 Å². The fraction of sp³-hybridized carbons (Fsp3) is 0.625. The van der Waals surface area contributed by atoms with E-state index in [0.717, 1.165) is 37.0 Å². The zero-order valence-corrected chi connectivity index (χ0v) is 11.5. The molecular weight excluding hydrogens is 252 g/mol. The van der Waals surface area contributed by atoms with Crippen LogP contribution in [-0.4, -0.2) is 16.4 Å². The predicted octanol–water partition coefficient (Wildman–Crippen LogP) is 2.07. The minimum atomic E-state index is -0.297. The van der Waals surface area contributed by atoms with Crippen LogP contribution in [0.15, 0.2) is 23.1 Å². The number of aromatic amines is 1. The molecule has 0 radical (unpaired) electrons. The summed E-state index contributed by atoms with van der Waals surface area (Å²) in [6, 6.07) is 3.31. The van der Waals surface area contributed by atoms with Crippen molar-refractivity contribution in [2.24, 2.45) is 17.8 Å². The molecule has 4 aliphatic rings. The van der Waals surface area contributed by atoms with E-state index in [1.807, 2.05) is 0 Å². The highest BCUT2D eigenvalue weighted by atomic mass is 16.2. The van der Waals surface area contributed by atoms with Crippen molar-refractivity contribution in [1.82, 2.24) is 10.3 Å². The number of hydrogen-bond acceptors (Lipinski definition) is 2. The molecule has 4 nitrogen and oxygen atoms in total. The molecule has 0 aromatic carbocycles. The van der Waals surface area contributed by atoms with Crippen LogP contribution in [0.25, 0.3) is 0 Å². The summed E-state index contributed by atoms with van der Waals surface area (Å²) >= 11 is 0. The molecular formula is C16H20N2O2. The van der Waals surface area contributed by atoms with Gasteiger partial charge in [-0.05, 0) is 68.4 Å². The van der Waals surface area contributed by atoms with E-state index < -0.39 is 0 Å². The number of rotatable bonds is 2. The highest BCUT2D eigenvalue weighted by molar-refractivity contribution is 5.94. The Morgan fingerprint density at radius 1 is 1.15 bits per heavy atom. The molecule has 1 heterocycles. The number of carbonyl (C=O) groups excluding carboxylic acids is 1. The standard InChI is InChI=1S/C16H20N2O2/c19-14-13(2-1-3-17-14)15(20)18-16-7-10-4-11(8-16)6-12(5-10)9-16/h1-3,10-12H,4-9H2,(H,17,19)(H,18,20). The topological polar surface area (TPSA) is 62.0 Å². The van der Waals surface area contributed by atoms with Gasteiger partial charge in [0.15, 0.2) is 0 Å². The molecule has 1 aromatic rings. The molecule has 4 bridgehead atoms. The average Bonchev–Trinajstić information content (AvgIpc) is 2.36. The molecule has 1 amide bonds. The summed E-state index contributed by atoms with van der Waals surface area (Å²) in [5.74, 6) is 2.16. The fourth-order valence-corrected chi connectivity index (χ4v) is 5.17. The van der Waals surface area contributed by atoms with Crippen molar-refractivity contribution in [3.05, 3.63) is 34.2 Å². The molecule has 0 aliphatic heterocycles. The minimum absolute atomic E-state index is 0.0336. The predicted molar refractivity (Wildman–Crippen MR) is 75.4 cm³/mol. The molecule has 106 valence electrons. The smallest absolute Gasteiger partial charge is 0.260 e. The minimum Gasteiger partial charge on any atom is -0.346 e. The lowest BCUT2D eigenvalue weighted by atomic mass is 9.53. The van der Waals surface area contributed by atoms with Gasteiger partial charge in [0.1, 0.15) is 5.56 Å². The lowest BCUT2D eigenvalue weighted by Gasteiger charge is -2.56. The van der Waals surface area contributed by atoms with Crippen LogP contribution < -0.4 is 10.9 Å². The molecule has 1 aromatic heterocycles. The van der Waals surface area contributed by atoms with Crippen LogP contribution in [0, 0.1) is 17.8 Å². The Labute approximate surface area is 118 Å². The first kappa shape index (κ1) is 12.2. The summed E-state index contributed by atoms with van der Waals surface area (Å²) < 4.78 is 0. The maximum absolute atomic E-state index is 12.4. The van der Waals surface area contributed by atoms with E-state index in [2.05, 4.69) is 10.3 Å². The molecule has 0 saturated heterocycles. The number of hydrogen-bond donors (Lipinski definition) is 2. The van der Waals surface area contributed by atoms with Crippen molar-refractivity contribution in [2.75, 3.05) is 0 Å². The average molecular weight is 272 g/mol. The number of pyridine rings is 1. The molecule has 4 saturated carbocycles. The van der Waals surface area contributed by atoms with Crippen LogP contribution in [0.5, 0.6) is 0 Å². The third-order valence-electron chi connectivity index (χ3n) is 5.48. The lowest BCUT2D eigenvalue weighted by molar-refractivity contribution is -0.0167. The molecule has 0 spiro atoms. The third-order valence-corrected chi connectivity index (χ3v) is 5.48. The third kappa shape index (κ3) is 1.89. The van der Waals surface area contributed by atoms with Crippen molar-refractivity contribution < 1.29 is 4.79 Å². The second kappa shape index (κ2) is 4.21. The van der Waals surface area contributed by atoms with E-state index in [0.29, 0.717) is 0 Å². The molecule has 20 heavy (non-hydrogen) atoms. The first-order valence-electron chi connectivity index (χ1n) is 7.64. The van der Waals surface area contributed by atoms with Crippen molar-refractivity contribution in [1.29, 1.82) is 0 Å². The SMILES string of the molecule is O=C(NC12CC3CC(CC(C3)C1)C2)c1ccc[nH]c1=O. The molecule has 0 atom stereocenters. The lowest BCUT2D eigenvalue weighted by Crippen LogP contribution is -2.60. The summed E-state index contributed by atoms with van der Waals surface area (Å²) in [5.41, 5.74) is -0.0910. The summed E-state index contributed by atoms with van der Waals surface area (Å²) in [4.78, 5) is 26.7. The van der Waals surface area contributed by atoms with E-state index in [1.54, 1.807) is 18.3 Å². The highest BCUT2D eigenvalue weighted by Crippen LogP contribution is 2.55. The Morgan fingerprint density at radius 2 is 1.75 bits per heavy atom. The van der Waals surface area contributed by atoms with Gasteiger partial charge in [-0.3, -0.25) is 9.59 Å². The Hall–Kier alpha value is -1.58. The van der Waals surface area contributed by atoms with Gasteiger partial charge < -0.3 is 10.3 Å². The summed E-state index contributed by atoms with van der Waals surface area (Å²) in [6.45, 7) is 0. The van der Waals surface area contributed by atoms with Crippen molar-refractivity contribution >= 4 is 5.91 Å². The van der Waals surface area contributed by atoms with Crippen molar-refractivity contribution in [2.45, 2.75) is 44.1 Å². The van der Waals surface area contributed by atoms with Crippen LogP contribution in [0.2, 0.25) is 0 Å². The van der Waals surface area contributed by atoms with Gasteiger partial charge in [0.05, 0.1) is 0 Å². The Kier molecular flexibility index (Phi) is 2.56. The quantitative estimate of drug-likeness (QED) is 0.865. The van der Waals surface area contributed by atoms with E-state index in [1.165, 1.54) is 19.3 Å². The first-order chi connectivity index (χ1) is 9.63. The fourth-order valence-electron chi connectivity index (χ4n) is 5.17. The Morgan fingerprint density at radius 3 is 2.30 bits per heavy atom. The van der Waals surface area contributed by atoms with E-state index in [-0.39, 0.29) is 22.6 Å². The number of carbonyl (C=O) groups is 1. The van der Waals surface area contributed by atoms with Gasteiger partial charge in [0, 0.05) is 11.7 Å². The number of aromatic nitrogens is 1. The zero-order chi connectivity index (χ0) is 13.7. The first-order valence-corrected chi connectivity index (χ1v) is 7.64. The molecule has 2 N–H and O–H groups in total. The second-order valence-electron chi connectivity index (χ2n) is 7.06. The number of nitrogens with one attached hydrogen (secondary N) is 2. The Balaban J connectivity index is 1.58. The van der Waals surface area contributed by atoms with Gasteiger partial charge in [0.2, 0.25) is 0 Å². The maximum atomic E-state index is 12.4. The van der Waals surface area contributed by atoms with Crippen LogP contribution >= 0.6 is 0 Å². The monoisotopic (exact) mass is 272 g/mol. The van der Waals surface area contributed by atoms with E-state index in [9.17, 15) is 9.59 Å². The summed E-state index contributed by atoms with van der Waals surface area (Å²) in [6.07, 6.45) is 8.92. The van der Waals surface area contributed by atoms with Crippen LogP contribution in [0.4, 0.5) is 0 Å². The Bertz CT molecular complexity index is 569. The molecule has 5 rings (SSSR count). The molecule has 4 aliphatic carbocycles. The van der Waals surface area contributed by atoms with Gasteiger partial charge in [0.25, 0.3) is 11.5 Å². The van der Waals surface area contributed by atoms with E-state index in [4.69, 9.17) is 0 Å². The summed E-state index contributed by atoms with van der Waals surface area (Å²) in [5, 5.41) is 3.22. The second-order valence-corrected chi connectivity index (χ2v) is 7.06. The number of H-pyrrole nitrogens is 1. The van der Waals surface area contributed by atoms with Crippen LogP contribution in [0.3, 0.4) is 0 Å². The van der Waals surface area contributed by atoms with Gasteiger partial charge in [-0.2, -0.15) is 0 Å². The van der Waals surface area contributed by atoms with Gasteiger partial charge in [-0.25, -0.2) is 0 Å². The largest absolute Gasteiger partial charge is 0.346 e. The summed E-state index contributed by atoms with van der Waals surface area (Å²) in [7, 11) is 0. The van der Waals surface area contributed by atoms with E-state index >= 15 is 0 Å². The molecule has 4 heteroatoms. The molecule has 0 unspecified atom stereocenters. The normalized spacial score (nSPS) is 37.9. The number of amides is 1. The van der Waals surface area contributed by atoms with Gasteiger partial charge in [-0.15, -0.1) is 0 Å². The van der Waals surface area contributed by atoms with Gasteiger partial charge in [-0.1, -0.05) is 0 Å². The maximum Gasteiger partial charge on any atom is 0.260 e. The van der Waals surface area contributed by atoms with Crippen molar-refractivity contribution in [3.63, 3.8) is 0 Å². The van der Waals surface area contributed by atoms with Crippen molar-refractivity contribution in [3.8, 4) is 0 Å². The van der Waals surface area contributed by atoms with Crippen LogP contribution in [-0.2, 0) is 0 Å².